The van der Waals surface area contributed by atoms with Crippen LogP contribution in [0.1, 0.15) is 61.3 Å². The van der Waals surface area contributed by atoms with E-state index in [2.05, 4.69) is 26.5 Å². The van der Waals surface area contributed by atoms with E-state index >= 15 is 0 Å². The van der Waals surface area contributed by atoms with Crippen LogP contribution in [-0.4, -0.2) is 18.9 Å². The summed E-state index contributed by atoms with van der Waals surface area (Å²) in [6.07, 6.45) is 1.38. The zero-order chi connectivity index (χ0) is 14.1. The lowest BCUT2D eigenvalue weighted by Gasteiger charge is -1.81. The topological polar surface area (TPSA) is 69.1 Å². The largest absolute Gasteiger partial charge is 0.333 e. The van der Waals surface area contributed by atoms with E-state index < -0.39 is 0 Å². The van der Waals surface area contributed by atoms with Crippen LogP contribution in [0.15, 0.2) is 0 Å². The second-order valence-corrected chi connectivity index (χ2v) is 4.22. The van der Waals surface area contributed by atoms with Crippen LogP contribution in [0.5, 0.6) is 0 Å². The Labute approximate surface area is 103 Å². The van der Waals surface area contributed by atoms with E-state index in [-0.39, 0.29) is 0 Å². The SMILES string of the molecule is CC(C)C.CC(C)N.CCC(=O)CC.CN. The first-order valence-corrected chi connectivity index (χ1v) is 6.12. The molecule has 0 aliphatic heterocycles. The van der Waals surface area contributed by atoms with Crippen LogP contribution in [0.25, 0.3) is 0 Å². The highest BCUT2D eigenvalue weighted by atomic mass is 16.1. The van der Waals surface area contributed by atoms with Crippen LogP contribution in [0, 0.1) is 5.92 Å². The zero-order valence-corrected chi connectivity index (χ0v) is 12.6. The van der Waals surface area contributed by atoms with Crippen molar-refractivity contribution in [3.8, 4) is 0 Å². The van der Waals surface area contributed by atoms with Crippen LogP contribution in [0.4, 0.5) is 0 Å². The lowest BCUT2D eigenvalue weighted by Crippen LogP contribution is -2.06. The fourth-order valence-electron chi connectivity index (χ4n) is 0.250. The Morgan fingerprint density at radius 3 is 1.06 bits per heavy atom. The van der Waals surface area contributed by atoms with Gasteiger partial charge in [-0.25, -0.2) is 0 Å². The van der Waals surface area contributed by atoms with Gasteiger partial charge in [-0.2, -0.15) is 0 Å². The van der Waals surface area contributed by atoms with Gasteiger partial charge in [-0.05, 0) is 19.0 Å². The second-order valence-electron chi connectivity index (χ2n) is 4.22. The van der Waals surface area contributed by atoms with Gasteiger partial charge >= 0.3 is 0 Å². The monoisotopic (exact) mass is 234 g/mol. The van der Waals surface area contributed by atoms with Gasteiger partial charge in [0.15, 0.2) is 0 Å². The number of rotatable bonds is 2. The summed E-state index contributed by atoms with van der Waals surface area (Å²) in [5, 5.41) is 0. The smallest absolute Gasteiger partial charge is 0.132 e. The fraction of sp³-hybridized carbons (Fsp3) is 0.923. The van der Waals surface area contributed by atoms with E-state index in [4.69, 9.17) is 5.73 Å². The van der Waals surface area contributed by atoms with Crippen molar-refractivity contribution in [2.75, 3.05) is 7.05 Å². The third kappa shape index (κ3) is 167. The van der Waals surface area contributed by atoms with Crippen molar-refractivity contribution in [3.05, 3.63) is 0 Å². The molecule has 16 heavy (non-hydrogen) atoms. The molecule has 0 saturated carbocycles. The third-order valence-electron chi connectivity index (χ3n) is 0.789. The summed E-state index contributed by atoms with van der Waals surface area (Å²) >= 11 is 0. The molecule has 0 bridgehead atoms. The van der Waals surface area contributed by atoms with Crippen LogP contribution in [0.2, 0.25) is 0 Å². The molecule has 3 nitrogen and oxygen atoms in total. The Bertz CT molecular complexity index is 95.0. The van der Waals surface area contributed by atoms with Gasteiger partial charge in [-0.1, -0.05) is 48.5 Å². The summed E-state index contributed by atoms with van der Waals surface area (Å²) < 4.78 is 0. The van der Waals surface area contributed by atoms with Crippen LogP contribution < -0.4 is 11.5 Å². The number of carbonyl (C=O) groups is 1. The first kappa shape index (κ1) is 24.7. The molecule has 4 N–H and O–H groups in total. The molecular formula is C13H34N2O. The molecular weight excluding hydrogens is 200 g/mol. The van der Waals surface area contributed by atoms with E-state index in [1.54, 1.807) is 0 Å². The minimum Gasteiger partial charge on any atom is -0.333 e. The normalized spacial score (nSPS) is 8.00. The number of nitrogens with two attached hydrogens (primary N) is 2. The third-order valence-corrected chi connectivity index (χ3v) is 0.789. The van der Waals surface area contributed by atoms with Gasteiger partial charge in [-0.3, -0.25) is 4.79 Å². The average molecular weight is 234 g/mol. The van der Waals surface area contributed by atoms with Gasteiger partial charge < -0.3 is 11.5 Å². The lowest BCUT2D eigenvalue weighted by molar-refractivity contribution is -0.118. The quantitative estimate of drug-likeness (QED) is 0.771. The Hall–Kier alpha value is -0.410. The molecule has 0 aromatic rings. The Balaban J connectivity index is -0.0000000643. The number of ketones is 1. The van der Waals surface area contributed by atoms with Crippen LogP contribution in [-0.2, 0) is 4.79 Å². The van der Waals surface area contributed by atoms with E-state index in [9.17, 15) is 4.79 Å². The van der Waals surface area contributed by atoms with E-state index in [1.807, 2.05) is 27.7 Å². The van der Waals surface area contributed by atoms with Gasteiger partial charge in [0.25, 0.3) is 0 Å². The Morgan fingerprint density at radius 2 is 1.06 bits per heavy atom. The van der Waals surface area contributed by atoms with E-state index in [1.165, 1.54) is 7.05 Å². The summed E-state index contributed by atoms with van der Waals surface area (Å²) in [5.41, 5.74) is 9.61. The second kappa shape index (κ2) is 24.0. The molecule has 0 aromatic carbocycles. The van der Waals surface area contributed by atoms with Crippen molar-refractivity contribution in [1.29, 1.82) is 0 Å². The van der Waals surface area contributed by atoms with Crippen molar-refractivity contribution >= 4 is 5.78 Å². The summed E-state index contributed by atoms with van der Waals surface area (Å²) in [5.74, 6) is 1.18. The maximum Gasteiger partial charge on any atom is 0.132 e. The van der Waals surface area contributed by atoms with Crippen molar-refractivity contribution in [2.24, 2.45) is 17.4 Å². The summed E-state index contributed by atoms with van der Waals surface area (Å²) in [6.45, 7) is 14.2. The van der Waals surface area contributed by atoms with Crippen LogP contribution >= 0.6 is 0 Å². The predicted octanol–water partition coefficient (Wildman–Crippen LogP) is 2.97. The van der Waals surface area contributed by atoms with E-state index in [0.717, 1.165) is 5.92 Å². The molecule has 0 amide bonds. The number of Topliss-reactive ketones (excluding diaryl/α,β-unsaturated/α-hetero) is 1. The molecule has 0 atom stereocenters. The lowest BCUT2D eigenvalue weighted by atomic mass is 10.3. The fourth-order valence-corrected chi connectivity index (χ4v) is 0.250. The van der Waals surface area contributed by atoms with Gasteiger partial charge in [-0.15, -0.1) is 0 Å². The first-order valence-electron chi connectivity index (χ1n) is 6.12. The van der Waals surface area contributed by atoms with Gasteiger partial charge in [0.1, 0.15) is 5.78 Å². The minimum absolute atomic E-state index is 0.333. The molecule has 3 heteroatoms. The van der Waals surface area contributed by atoms with Gasteiger partial charge in [0.05, 0.1) is 0 Å². The Morgan fingerprint density at radius 1 is 0.938 bits per heavy atom. The maximum atomic E-state index is 10.2. The molecule has 0 radical (unpaired) electrons. The van der Waals surface area contributed by atoms with Crippen molar-refractivity contribution < 1.29 is 4.79 Å². The van der Waals surface area contributed by atoms with Crippen molar-refractivity contribution in [1.82, 2.24) is 0 Å². The van der Waals surface area contributed by atoms with Crippen molar-refractivity contribution in [3.63, 3.8) is 0 Å². The van der Waals surface area contributed by atoms with Crippen molar-refractivity contribution in [2.45, 2.75) is 67.3 Å². The molecule has 0 saturated heterocycles. The highest BCUT2D eigenvalue weighted by Gasteiger charge is 1.86. The highest BCUT2D eigenvalue weighted by molar-refractivity contribution is 5.77. The maximum absolute atomic E-state index is 10.2. The summed E-state index contributed by atoms with van der Waals surface area (Å²) in [7, 11) is 1.50. The number of hydrogen-bond acceptors (Lipinski definition) is 3. The molecule has 0 unspecified atom stereocenters. The molecule has 0 heterocycles. The van der Waals surface area contributed by atoms with E-state index in [0.29, 0.717) is 24.7 Å². The molecule has 0 spiro atoms. The average Bonchev–Trinajstić information content (AvgIpc) is 2.18. The molecule has 0 rings (SSSR count). The first-order chi connectivity index (χ1) is 7.27. The molecule has 0 aromatic heterocycles. The number of carbonyl (C=O) groups excluding carboxylic acids is 1. The Kier molecular flexibility index (Phi) is 37.1. The highest BCUT2D eigenvalue weighted by Crippen LogP contribution is 1.83. The standard InChI is InChI=1S/C5H10O.C4H10.C3H9N.CH5N/c1-3-5(6)4-2;1-4(2)3;1-3(2)4;1-2/h3-4H2,1-2H3;4H,1-3H3;3H,4H2,1-2H3;2H2,1H3. The molecule has 0 aliphatic rings. The van der Waals surface area contributed by atoms with Gasteiger partial charge in [0.2, 0.25) is 0 Å². The predicted molar refractivity (Wildman–Crippen MR) is 75.5 cm³/mol. The van der Waals surface area contributed by atoms with Gasteiger partial charge in [0, 0.05) is 12.8 Å². The number of hydrogen-bond donors (Lipinski definition) is 2. The molecule has 102 valence electrons. The zero-order valence-electron chi connectivity index (χ0n) is 12.6. The molecule has 0 fully saturated rings. The summed E-state index contributed by atoms with van der Waals surface area (Å²) in [4.78, 5) is 10.2. The van der Waals surface area contributed by atoms with Crippen LogP contribution in [0.3, 0.4) is 0 Å². The minimum atomic E-state index is 0.333. The molecule has 0 aliphatic carbocycles. The summed E-state index contributed by atoms with van der Waals surface area (Å²) in [6, 6.07) is 0.333.